The van der Waals surface area contributed by atoms with E-state index in [1.807, 2.05) is 114 Å². The lowest BCUT2D eigenvalue weighted by molar-refractivity contribution is 0.672. The molecule has 1 heterocycles. The molecule has 0 unspecified atom stereocenters. The third-order valence-electron chi connectivity index (χ3n) is 10.9. The van der Waals surface area contributed by atoms with Crippen molar-refractivity contribution >= 4 is 71.3 Å². The smallest absolute Gasteiger partial charge is 0.143 e. The molecule has 2 nitrogen and oxygen atoms in total. The zero-order valence-corrected chi connectivity index (χ0v) is 30.3. The molecule has 1 aromatic heterocycles. The van der Waals surface area contributed by atoms with Crippen LogP contribution in [0, 0.1) is 0 Å². The number of rotatable bonds is 6. The first-order valence-electron chi connectivity index (χ1n) is 20.8. The van der Waals surface area contributed by atoms with Crippen LogP contribution in [-0.2, 0) is 0 Å². The fraction of sp³-hybridized carbons (Fsp3) is 0. The normalized spacial score (nSPS) is 12.6. The summed E-state index contributed by atoms with van der Waals surface area (Å²) in [6, 6.07) is 62.8. The van der Waals surface area contributed by atoms with Gasteiger partial charge in [0, 0.05) is 33.1 Å². The average molecular weight is 718 g/mol. The van der Waals surface area contributed by atoms with E-state index in [4.69, 9.17) is 4.42 Å². The largest absolute Gasteiger partial charge is 0.455 e. The molecule has 0 atom stereocenters. The highest BCUT2D eigenvalue weighted by Crippen LogP contribution is 2.43. The van der Waals surface area contributed by atoms with E-state index in [0.29, 0.717) is 16.9 Å². The highest BCUT2D eigenvalue weighted by Gasteiger charge is 2.19. The summed E-state index contributed by atoms with van der Waals surface area (Å²) in [5, 5.41) is 8.47. The highest BCUT2D eigenvalue weighted by molar-refractivity contribution is 6.15. The third kappa shape index (κ3) is 5.51. The highest BCUT2D eigenvalue weighted by atomic mass is 16.3. The maximum absolute atomic E-state index is 9.65. The van der Waals surface area contributed by atoms with E-state index in [9.17, 15) is 5.48 Å². The molecule has 0 radical (unpaired) electrons. The Morgan fingerprint density at radius 1 is 0.357 bits per heavy atom. The molecule has 11 rings (SSSR count). The van der Waals surface area contributed by atoms with Crippen molar-refractivity contribution < 1.29 is 9.90 Å². The zero-order chi connectivity index (χ0) is 40.5. The lowest BCUT2D eigenvalue weighted by Gasteiger charge is -2.28. The minimum Gasteiger partial charge on any atom is -0.455 e. The molecule has 0 aliphatic carbocycles. The average Bonchev–Trinajstić information content (AvgIpc) is 3.69. The van der Waals surface area contributed by atoms with Gasteiger partial charge in [-0.05, 0) is 115 Å². The van der Waals surface area contributed by atoms with Gasteiger partial charge in [0.1, 0.15) is 11.2 Å². The standard InChI is InChI=1S/C54H35NO/c1-3-11-41-33-43(20-17-36(41)9-1)38-23-28-46(29-24-38)55(47-30-25-39(26-31-47)44-21-18-37-10-2-4-12-42(37)34-44)52-15-7-5-13-48(52)45-22-19-40-27-32-50-49-14-6-8-16-53(49)56-54(50)51(40)35-45/h1-35H/i23D,24D,28D,29D. The third-order valence-corrected chi connectivity index (χ3v) is 10.9. The van der Waals surface area contributed by atoms with Crippen LogP contribution in [-0.4, -0.2) is 0 Å². The van der Waals surface area contributed by atoms with Gasteiger partial charge in [-0.25, -0.2) is 0 Å². The molecule has 0 aliphatic heterocycles. The van der Waals surface area contributed by atoms with Gasteiger partial charge in [-0.2, -0.15) is 0 Å². The van der Waals surface area contributed by atoms with Crippen molar-refractivity contribution in [2.75, 3.05) is 4.90 Å². The Labute approximate surface area is 330 Å². The van der Waals surface area contributed by atoms with Crippen LogP contribution in [0.5, 0.6) is 0 Å². The van der Waals surface area contributed by atoms with E-state index in [1.54, 1.807) is 0 Å². The maximum atomic E-state index is 9.65. The summed E-state index contributed by atoms with van der Waals surface area (Å²) in [6.45, 7) is 0. The molecule has 0 spiro atoms. The molecule has 11 aromatic rings. The monoisotopic (exact) mass is 717 g/mol. The Morgan fingerprint density at radius 3 is 1.68 bits per heavy atom. The topological polar surface area (TPSA) is 16.4 Å². The Hall–Kier alpha value is -7.42. The fourth-order valence-electron chi connectivity index (χ4n) is 8.05. The van der Waals surface area contributed by atoms with E-state index in [-0.39, 0.29) is 35.4 Å². The maximum Gasteiger partial charge on any atom is 0.143 e. The Kier molecular flexibility index (Phi) is 6.60. The molecule has 10 aromatic carbocycles. The van der Waals surface area contributed by atoms with E-state index in [0.717, 1.165) is 71.1 Å². The Balaban J connectivity index is 1.11. The number of benzene rings is 10. The first kappa shape index (κ1) is 28.1. The van der Waals surface area contributed by atoms with Gasteiger partial charge in [-0.1, -0.05) is 152 Å². The van der Waals surface area contributed by atoms with E-state index in [1.165, 1.54) is 5.39 Å². The van der Waals surface area contributed by atoms with Crippen LogP contribution < -0.4 is 4.90 Å². The second kappa shape index (κ2) is 13.2. The fourth-order valence-corrected chi connectivity index (χ4v) is 8.05. The molecule has 0 N–H and O–H groups in total. The second-order valence-corrected chi connectivity index (χ2v) is 14.2. The summed E-state index contributed by atoms with van der Waals surface area (Å²) < 4.78 is 44.7. The van der Waals surface area contributed by atoms with E-state index >= 15 is 0 Å². The summed E-state index contributed by atoms with van der Waals surface area (Å²) in [5.74, 6) is 0. The summed E-state index contributed by atoms with van der Waals surface area (Å²) in [5.41, 5.74) is 8.02. The lowest BCUT2D eigenvalue weighted by Crippen LogP contribution is -2.11. The van der Waals surface area contributed by atoms with Gasteiger partial charge in [0.05, 0.1) is 11.2 Å². The summed E-state index contributed by atoms with van der Waals surface area (Å²) in [4.78, 5) is 1.89. The van der Waals surface area contributed by atoms with Crippen molar-refractivity contribution in [3.05, 3.63) is 212 Å². The number of hydrogen-bond donors (Lipinski definition) is 0. The first-order chi connectivity index (χ1) is 29.4. The van der Waals surface area contributed by atoms with Crippen LogP contribution in [0.4, 0.5) is 17.1 Å². The number of fused-ring (bicyclic) bond motifs is 7. The van der Waals surface area contributed by atoms with Crippen LogP contribution in [0.2, 0.25) is 0 Å². The van der Waals surface area contributed by atoms with Crippen LogP contribution >= 0.6 is 0 Å². The molecule has 0 saturated heterocycles. The molecule has 56 heavy (non-hydrogen) atoms. The Morgan fingerprint density at radius 2 is 0.929 bits per heavy atom. The molecule has 0 fully saturated rings. The number of nitrogens with zero attached hydrogens (tertiary/aromatic N) is 1. The molecule has 2 heteroatoms. The van der Waals surface area contributed by atoms with Gasteiger partial charge in [0.25, 0.3) is 0 Å². The zero-order valence-electron chi connectivity index (χ0n) is 34.3. The first-order valence-corrected chi connectivity index (χ1v) is 18.8. The van der Waals surface area contributed by atoms with Crippen LogP contribution in [0.3, 0.4) is 0 Å². The molecule has 262 valence electrons. The van der Waals surface area contributed by atoms with Crippen molar-refractivity contribution in [2.45, 2.75) is 0 Å². The predicted molar refractivity (Wildman–Crippen MR) is 237 cm³/mol. The number of hydrogen-bond acceptors (Lipinski definition) is 2. The predicted octanol–water partition coefficient (Wildman–Crippen LogP) is 15.5. The second-order valence-electron chi connectivity index (χ2n) is 14.2. The van der Waals surface area contributed by atoms with Gasteiger partial charge in [-0.15, -0.1) is 0 Å². The van der Waals surface area contributed by atoms with Crippen LogP contribution in [0.15, 0.2) is 217 Å². The number of anilines is 3. The molecule has 0 amide bonds. The number of furan rings is 1. The lowest BCUT2D eigenvalue weighted by atomic mass is 9.97. The van der Waals surface area contributed by atoms with Crippen molar-refractivity contribution in [1.29, 1.82) is 0 Å². The Bertz CT molecular complexity index is 3470. The van der Waals surface area contributed by atoms with Gasteiger partial charge in [0.15, 0.2) is 0 Å². The van der Waals surface area contributed by atoms with Crippen molar-refractivity contribution in [3.8, 4) is 33.4 Å². The quantitative estimate of drug-likeness (QED) is 0.170. The van der Waals surface area contributed by atoms with Gasteiger partial charge in [0.2, 0.25) is 0 Å². The van der Waals surface area contributed by atoms with Crippen molar-refractivity contribution in [1.82, 2.24) is 0 Å². The molecule has 0 saturated carbocycles. The van der Waals surface area contributed by atoms with Gasteiger partial charge >= 0.3 is 0 Å². The minimum absolute atomic E-state index is 0.102. The summed E-state index contributed by atoms with van der Waals surface area (Å²) in [7, 11) is 0. The van der Waals surface area contributed by atoms with Gasteiger partial charge in [-0.3, -0.25) is 0 Å². The summed E-state index contributed by atoms with van der Waals surface area (Å²) >= 11 is 0. The van der Waals surface area contributed by atoms with E-state index < -0.39 is 0 Å². The van der Waals surface area contributed by atoms with E-state index in [2.05, 4.69) is 78.9 Å². The molecular formula is C54H35NO. The van der Waals surface area contributed by atoms with Crippen LogP contribution in [0.25, 0.3) is 87.6 Å². The molecule has 0 bridgehead atoms. The molecular weight excluding hydrogens is 679 g/mol. The molecule has 0 aliphatic rings. The van der Waals surface area contributed by atoms with Crippen LogP contribution in [0.1, 0.15) is 5.48 Å². The SMILES string of the molecule is [2H]c1c([2H])c(N(c2ccc(-c3ccc4ccccc4c3)cc2)c2ccccc2-c2ccc3ccc4c5ccccc5oc4c3c2)c([2H])c([2H])c1-c1ccc2ccccc2c1. The number of para-hydroxylation sites is 2. The van der Waals surface area contributed by atoms with Crippen molar-refractivity contribution in [3.63, 3.8) is 0 Å². The summed E-state index contributed by atoms with van der Waals surface area (Å²) in [6.07, 6.45) is 0. The minimum atomic E-state index is -0.130. The van der Waals surface area contributed by atoms with Crippen molar-refractivity contribution in [2.24, 2.45) is 0 Å². The van der Waals surface area contributed by atoms with Gasteiger partial charge < -0.3 is 9.32 Å².